The van der Waals surface area contributed by atoms with Gasteiger partial charge in [0.2, 0.25) is 0 Å². The zero-order chi connectivity index (χ0) is 21.5. The Kier molecular flexibility index (Phi) is 5.12. The molecule has 0 amide bonds. The van der Waals surface area contributed by atoms with E-state index in [1.807, 2.05) is 34.9 Å². The number of aromatic nitrogens is 5. The Morgan fingerprint density at radius 3 is 2.45 bits per heavy atom. The van der Waals surface area contributed by atoms with Gasteiger partial charge in [-0.2, -0.15) is 0 Å². The highest BCUT2D eigenvalue weighted by atomic mass is 35.5. The maximum Gasteiger partial charge on any atom is 0.265 e. The molecule has 31 heavy (non-hydrogen) atoms. The Balaban J connectivity index is 1.87. The standard InChI is InChI=1S/C23H19Cl2N5O/c1-2-3-6-11-29-13-26-21-19(23(29)31)20-22(28-18-8-5-4-7-17(18)27-20)30(21)14-9-10-15(24)16(25)12-14/h4-5,7-10,12-13H,2-3,6,11H2,1H3. The van der Waals surface area contributed by atoms with Crippen LogP contribution in [0.25, 0.3) is 38.9 Å². The summed E-state index contributed by atoms with van der Waals surface area (Å²) in [5, 5.41) is 1.32. The van der Waals surface area contributed by atoms with Gasteiger partial charge in [-0.05, 0) is 36.8 Å². The molecular formula is C23H19Cl2N5O. The normalized spacial score (nSPS) is 11.7. The molecule has 0 aliphatic carbocycles. The molecule has 0 saturated heterocycles. The molecule has 3 aromatic heterocycles. The number of unbranched alkanes of at least 4 members (excludes halogenated alkanes) is 2. The van der Waals surface area contributed by atoms with Crippen LogP contribution in [0.1, 0.15) is 26.2 Å². The Bertz CT molecular complexity index is 1510. The molecule has 156 valence electrons. The predicted molar refractivity (Wildman–Crippen MR) is 125 cm³/mol. The van der Waals surface area contributed by atoms with E-state index in [4.69, 9.17) is 33.2 Å². The highest BCUT2D eigenvalue weighted by Crippen LogP contribution is 2.31. The van der Waals surface area contributed by atoms with E-state index in [0.717, 1.165) is 36.0 Å². The summed E-state index contributed by atoms with van der Waals surface area (Å²) >= 11 is 12.4. The van der Waals surface area contributed by atoms with Gasteiger partial charge >= 0.3 is 0 Å². The summed E-state index contributed by atoms with van der Waals surface area (Å²) in [5.41, 5.74) is 3.65. The molecule has 0 radical (unpaired) electrons. The maximum absolute atomic E-state index is 13.4. The minimum Gasteiger partial charge on any atom is -0.299 e. The Hall–Kier alpha value is -2.96. The van der Waals surface area contributed by atoms with E-state index in [9.17, 15) is 4.79 Å². The van der Waals surface area contributed by atoms with Crippen molar-refractivity contribution < 1.29 is 0 Å². The molecule has 0 spiro atoms. The molecule has 0 aliphatic heterocycles. The smallest absolute Gasteiger partial charge is 0.265 e. The number of benzene rings is 2. The van der Waals surface area contributed by atoms with E-state index in [2.05, 4.69) is 11.9 Å². The average molecular weight is 452 g/mol. The van der Waals surface area contributed by atoms with Crippen LogP contribution in [-0.2, 0) is 6.54 Å². The van der Waals surface area contributed by atoms with Crippen molar-refractivity contribution in [1.29, 1.82) is 0 Å². The summed E-state index contributed by atoms with van der Waals surface area (Å²) in [6.45, 7) is 2.76. The van der Waals surface area contributed by atoms with Gasteiger partial charge in [0.15, 0.2) is 11.3 Å². The van der Waals surface area contributed by atoms with Crippen molar-refractivity contribution in [2.45, 2.75) is 32.7 Å². The molecule has 0 fully saturated rings. The number of fused-ring (bicyclic) bond motifs is 4. The molecule has 8 heteroatoms. The number of aryl methyl sites for hydroxylation is 1. The van der Waals surface area contributed by atoms with Crippen molar-refractivity contribution in [2.24, 2.45) is 0 Å². The average Bonchev–Trinajstić information content (AvgIpc) is 3.09. The van der Waals surface area contributed by atoms with E-state index in [-0.39, 0.29) is 5.56 Å². The van der Waals surface area contributed by atoms with E-state index in [1.54, 1.807) is 23.0 Å². The minimum atomic E-state index is -0.116. The first-order chi connectivity index (χ1) is 15.1. The van der Waals surface area contributed by atoms with E-state index in [0.29, 0.717) is 38.8 Å². The topological polar surface area (TPSA) is 65.6 Å². The van der Waals surface area contributed by atoms with Crippen LogP contribution in [-0.4, -0.2) is 24.1 Å². The van der Waals surface area contributed by atoms with Gasteiger partial charge < -0.3 is 0 Å². The molecule has 5 rings (SSSR count). The second kappa shape index (κ2) is 7.94. The highest BCUT2D eigenvalue weighted by Gasteiger charge is 2.21. The molecule has 0 saturated carbocycles. The lowest BCUT2D eigenvalue weighted by atomic mass is 10.2. The van der Waals surface area contributed by atoms with Crippen molar-refractivity contribution in [3.8, 4) is 5.69 Å². The fourth-order valence-electron chi connectivity index (χ4n) is 3.83. The second-order valence-electron chi connectivity index (χ2n) is 7.47. The first kappa shape index (κ1) is 20.0. The summed E-state index contributed by atoms with van der Waals surface area (Å²) in [7, 11) is 0. The highest BCUT2D eigenvalue weighted by molar-refractivity contribution is 6.42. The third kappa shape index (κ3) is 3.36. The first-order valence-corrected chi connectivity index (χ1v) is 11.0. The van der Waals surface area contributed by atoms with Gasteiger partial charge in [0, 0.05) is 6.54 Å². The zero-order valence-electron chi connectivity index (χ0n) is 16.8. The van der Waals surface area contributed by atoms with Gasteiger partial charge in [-0.25, -0.2) is 15.0 Å². The largest absolute Gasteiger partial charge is 0.299 e. The van der Waals surface area contributed by atoms with Gasteiger partial charge in [0.05, 0.1) is 33.1 Å². The van der Waals surface area contributed by atoms with Crippen LogP contribution in [0.5, 0.6) is 0 Å². The molecule has 3 heterocycles. The lowest BCUT2D eigenvalue weighted by Gasteiger charge is -2.08. The van der Waals surface area contributed by atoms with Crippen LogP contribution in [0.3, 0.4) is 0 Å². The van der Waals surface area contributed by atoms with E-state index < -0.39 is 0 Å². The number of nitrogens with zero attached hydrogens (tertiary/aromatic N) is 5. The number of rotatable bonds is 5. The third-order valence-corrected chi connectivity index (χ3v) is 6.13. The van der Waals surface area contributed by atoms with Gasteiger partial charge in [0.25, 0.3) is 5.56 Å². The van der Waals surface area contributed by atoms with Crippen LogP contribution in [0, 0.1) is 0 Å². The Morgan fingerprint density at radius 2 is 1.71 bits per heavy atom. The lowest BCUT2D eigenvalue weighted by Crippen LogP contribution is -2.20. The Labute approximate surface area is 188 Å². The molecule has 2 aromatic carbocycles. The summed E-state index contributed by atoms with van der Waals surface area (Å²) in [4.78, 5) is 27.7. The van der Waals surface area contributed by atoms with Crippen molar-refractivity contribution in [3.63, 3.8) is 0 Å². The van der Waals surface area contributed by atoms with Crippen molar-refractivity contribution in [2.75, 3.05) is 0 Å². The van der Waals surface area contributed by atoms with Crippen molar-refractivity contribution in [1.82, 2.24) is 24.1 Å². The third-order valence-electron chi connectivity index (χ3n) is 5.39. The van der Waals surface area contributed by atoms with Gasteiger partial charge in [-0.1, -0.05) is 55.1 Å². The van der Waals surface area contributed by atoms with Gasteiger partial charge in [-0.15, -0.1) is 0 Å². The van der Waals surface area contributed by atoms with E-state index in [1.165, 1.54) is 0 Å². The summed E-state index contributed by atoms with van der Waals surface area (Å²) in [6, 6.07) is 12.9. The molecule has 6 nitrogen and oxygen atoms in total. The molecule has 0 atom stereocenters. The molecule has 0 N–H and O–H groups in total. The van der Waals surface area contributed by atoms with Crippen LogP contribution < -0.4 is 5.56 Å². The summed E-state index contributed by atoms with van der Waals surface area (Å²) < 4.78 is 3.48. The zero-order valence-corrected chi connectivity index (χ0v) is 18.4. The Morgan fingerprint density at radius 1 is 0.935 bits per heavy atom. The summed E-state index contributed by atoms with van der Waals surface area (Å²) in [5.74, 6) is 0. The monoisotopic (exact) mass is 451 g/mol. The molecule has 0 bridgehead atoms. The van der Waals surface area contributed by atoms with Crippen LogP contribution in [0.2, 0.25) is 10.0 Å². The minimum absolute atomic E-state index is 0.116. The lowest BCUT2D eigenvalue weighted by molar-refractivity contribution is 0.584. The molecule has 0 aliphatic rings. The summed E-state index contributed by atoms with van der Waals surface area (Å²) in [6.07, 6.45) is 4.66. The van der Waals surface area contributed by atoms with Crippen molar-refractivity contribution in [3.05, 3.63) is 69.2 Å². The van der Waals surface area contributed by atoms with Gasteiger partial charge in [0.1, 0.15) is 10.9 Å². The number of para-hydroxylation sites is 2. The second-order valence-corrected chi connectivity index (χ2v) is 8.28. The fourth-order valence-corrected chi connectivity index (χ4v) is 4.12. The number of halogens is 2. The molecule has 5 aromatic rings. The SMILES string of the molecule is CCCCCn1cnc2c(c1=O)c1nc3ccccc3nc1n2-c1ccc(Cl)c(Cl)c1. The van der Waals surface area contributed by atoms with Crippen molar-refractivity contribution >= 4 is 56.4 Å². The fraction of sp³-hybridized carbons (Fsp3) is 0.217. The number of hydrogen-bond donors (Lipinski definition) is 0. The van der Waals surface area contributed by atoms with Gasteiger partial charge in [-0.3, -0.25) is 13.9 Å². The first-order valence-electron chi connectivity index (χ1n) is 10.2. The van der Waals surface area contributed by atoms with Crippen LogP contribution in [0.15, 0.2) is 53.6 Å². The quantitative estimate of drug-likeness (QED) is 0.317. The van der Waals surface area contributed by atoms with Crippen LogP contribution in [0.4, 0.5) is 0 Å². The van der Waals surface area contributed by atoms with Crippen LogP contribution >= 0.6 is 23.2 Å². The predicted octanol–water partition coefficient (Wildman–Crippen LogP) is 5.78. The van der Waals surface area contributed by atoms with E-state index >= 15 is 0 Å². The number of hydrogen-bond acceptors (Lipinski definition) is 4. The maximum atomic E-state index is 13.4. The molecular weight excluding hydrogens is 433 g/mol. The molecule has 0 unspecified atom stereocenters.